The molecule has 0 spiro atoms. The van der Waals surface area contributed by atoms with E-state index in [9.17, 15) is 13.2 Å². The molecule has 10 nitrogen and oxygen atoms in total. The number of carbonyl (C=O) groups excluding carboxylic acids is 1. The Morgan fingerprint density at radius 1 is 1.16 bits per heavy atom. The molecule has 1 aliphatic heterocycles. The maximum absolute atomic E-state index is 13.4. The number of anilines is 2. The molecule has 3 aromatic rings. The molecule has 1 unspecified atom stereocenters. The first-order valence-electron chi connectivity index (χ1n) is 12.5. The average Bonchev–Trinajstić information content (AvgIpc) is 3.09. The van der Waals surface area contributed by atoms with Crippen LogP contribution in [0.1, 0.15) is 58.5 Å². The summed E-state index contributed by atoms with van der Waals surface area (Å²) < 4.78 is 33.7. The number of pyridine rings is 3. The molecule has 1 atom stereocenters. The van der Waals surface area contributed by atoms with E-state index in [2.05, 4.69) is 40.4 Å². The molecule has 4 heterocycles. The van der Waals surface area contributed by atoms with Gasteiger partial charge in [0, 0.05) is 25.1 Å². The molecule has 0 bridgehead atoms. The number of nitrogens with zero attached hydrogens (tertiary/aromatic N) is 4. The highest BCUT2D eigenvalue weighted by atomic mass is 32.2. The molecule has 0 radical (unpaired) electrons. The second-order valence-electron chi connectivity index (χ2n) is 10.6. The zero-order valence-electron chi connectivity index (χ0n) is 22.5. The first-order valence-corrected chi connectivity index (χ1v) is 14.0. The van der Waals surface area contributed by atoms with Gasteiger partial charge in [-0.05, 0) is 77.3 Å². The van der Waals surface area contributed by atoms with E-state index in [1.165, 1.54) is 18.2 Å². The monoisotopic (exact) mass is 540 g/mol. The lowest BCUT2D eigenvalue weighted by atomic mass is 9.97. The fraction of sp³-hybridized carbons (Fsp3) is 0.407. The Labute approximate surface area is 225 Å². The van der Waals surface area contributed by atoms with Gasteiger partial charge in [0.1, 0.15) is 11.6 Å². The zero-order valence-corrected chi connectivity index (χ0v) is 23.3. The van der Waals surface area contributed by atoms with Gasteiger partial charge in [-0.1, -0.05) is 13.0 Å². The number of amides is 1. The summed E-state index contributed by atoms with van der Waals surface area (Å²) in [5.74, 6) is 0.532. The molecule has 3 aromatic heterocycles. The maximum atomic E-state index is 13.4. The number of nitrogens with two attached hydrogens (primary N) is 1. The summed E-state index contributed by atoms with van der Waals surface area (Å²) in [5.41, 5.74) is 7.63. The van der Waals surface area contributed by atoms with E-state index in [4.69, 9.17) is 15.5 Å². The molecule has 0 aromatic carbocycles. The Bertz CT molecular complexity index is 1480. The molecule has 38 heavy (non-hydrogen) atoms. The third-order valence-electron chi connectivity index (χ3n) is 6.39. The van der Waals surface area contributed by atoms with Crippen molar-refractivity contribution in [2.24, 2.45) is 5.92 Å². The van der Waals surface area contributed by atoms with E-state index in [1.54, 1.807) is 18.2 Å². The third kappa shape index (κ3) is 5.72. The number of hydrogen-bond donors (Lipinski definition) is 2. The minimum Gasteiger partial charge on any atom is -0.475 e. The van der Waals surface area contributed by atoms with Crippen molar-refractivity contribution in [2.75, 3.05) is 17.2 Å². The summed E-state index contributed by atoms with van der Waals surface area (Å²) in [4.78, 5) is 28.8. The van der Waals surface area contributed by atoms with Gasteiger partial charge in [0.05, 0.1) is 23.1 Å². The number of aromatic nitrogens is 3. The lowest BCUT2D eigenvalue weighted by molar-refractivity contribution is 0.0981. The molecule has 1 aliphatic rings. The van der Waals surface area contributed by atoms with Crippen molar-refractivity contribution in [1.29, 1.82) is 0 Å². The van der Waals surface area contributed by atoms with Crippen molar-refractivity contribution in [3.05, 3.63) is 53.7 Å². The van der Waals surface area contributed by atoms with Crippen LogP contribution in [0.5, 0.6) is 5.88 Å². The fourth-order valence-corrected chi connectivity index (χ4v) is 5.81. The Kier molecular flexibility index (Phi) is 7.33. The van der Waals surface area contributed by atoms with Crippen LogP contribution in [0.15, 0.2) is 47.5 Å². The Hall–Kier alpha value is -3.73. The molecule has 11 heteroatoms. The predicted octanol–water partition coefficient (Wildman–Crippen LogP) is 4.21. The van der Waals surface area contributed by atoms with E-state index in [-0.39, 0.29) is 29.5 Å². The largest absolute Gasteiger partial charge is 0.475 e. The number of ether oxygens (including phenoxy) is 1. The SMILES string of the molecule is Cc1nc(OC(C)C)ccc1-c1ccc(C(=O)NS(=O)(=O)c2cccc(N)n2)c(N2CC(C)CC2(C)C)n1.[HH]. The fourth-order valence-electron chi connectivity index (χ4n) is 4.87. The van der Waals surface area contributed by atoms with Crippen LogP contribution < -0.4 is 20.1 Å². The van der Waals surface area contributed by atoms with Crippen molar-refractivity contribution in [1.82, 2.24) is 19.7 Å². The Balaban J connectivity index is 0.00000420. The van der Waals surface area contributed by atoms with Gasteiger partial charge in [-0.2, -0.15) is 8.42 Å². The van der Waals surface area contributed by atoms with E-state index in [0.717, 1.165) is 17.7 Å². The number of carbonyl (C=O) groups is 1. The van der Waals surface area contributed by atoms with Gasteiger partial charge in [0.25, 0.3) is 15.9 Å². The van der Waals surface area contributed by atoms with Crippen LogP contribution in [-0.4, -0.2) is 47.5 Å². The highest BCUT2D eigenvalue weighted by molar-refractivity contribution is 7.90. The van der Waals surface area contributed by atoms with Gasteiger partial charge in [-0.25, -0.2) is 19.7 Å². The number of hydrogen-bond acceptors (Lipinski definition) is 9. The summed E-state index contributed by atoms with van der Waals surface area (Å²) in [6.07, 6.45) is 0.890. The molecule has 4 rings (SSSR count). The van der Waals surface area contributed by atoms with Crippen LogP contribution in [-0.2, 0) is 10.0 Å². The normalized spacial score (nSPS) is 17.0. The molecule has 204 valence electrons. The topological polar surface area (TPSA) is 140 Å². The Morgan fingerprint density at radius 3 is 2.50 bits per heavy atom. The predicted molar refractivity (Wildman–Crippen MR) is 149 cm³/mol. The third-order valence-corrected chi connectivity index (χ3v) is 7.62. The summed E-state index contributed by atoms with van der Waals surface area (Å²) in [6, 6.07) is 11.2. The van der Waals surface area contributed by atoms with Crippen molar-refractivity contribution >= 4 is 27.6 Å². The van der Waals surface area contributed by atoms with Gasteiger partial charge in [-0.3, -0.25) is 4.79 Å². The van der Waals surface area contributed by atoms with E-state index >= 15 is 0 Å². The molecule has 1 fully saturated rings. The van der Waals surface area contributed by atoms with E-state index in [1.807, 2.05) is 26.8 Å². The summed E-state index contributed by atoms with van der Waals surface area (Å²) in [6.45, 7) is 12.7. The van der Waals surface area contributed by atoms with Crippen LogP contribution in [0.4, 0.5) is 11.6 Å². The average molecular weight is 541 g/mol. The van der Waals surface area contributed by atoms with Crippen molar-refractivity contribution in [2.45, 2.75) is 64.6 Å². The van der Waals surface area contributed by atoms with Gasteiger partial charge >= 0.3 is 0 Å². The summed E-state index contributed by atoms with van der Waals surface area (Å²) in [5, 5.41) is -0.336. The van der Waals surface area contributed by atoms with Crippen molar-refractivity contribution in [3.8, 4) is 17.1 Å². The standard InChI is InChI=1S/C27H34N6O4S.H2/c1-16(2)37-23-13-11-19(18(4)29-23)21-12-10-20(25(30-21)33-15-17(3)14-27(33,5)6)26(34)32-38(35,36)24-9-7-8-22(28)31-24;/h7-13,16-17H,14-15H2,1-6H3,(H2,28,31)(H,32,34);1H. The number of aryl methyl sites for hydroxylation is 1. The first kappa shape index (κ1) is 27.3. The van der Waals surface area contributed by atoms with Crippen LogP contribution >= 0.6 is 0 Å². The maximum Gasteiger partial charge on any atom is 0.281 e. The van der Waals surface area contributed by atoms with Gasteiger partial charge < -0.3 is 15.4 Å². The van der Waals surface area contributed by atoms with Gasteiger partial charge in [0.15, 0.2) is 5.03 Å². The molecule has 0 saturated carbocycles. The second-order valence-corrected chi connectivity index (χ2v) is 12.2. The van der Waals surface area contributed by atoms with Crippen molar-refractivity contribution < 1.29 is 19.4 Å². The number of sulfonamides is 1. The minimum absolute atomic E-state index is 0. The van der Waals surface area contributed by atoms with E-state index < -0.39 is 15.9 Å². The first-order chi connectivity index (χ1) is 17.8. The molecule has 3 N–H and O–H groups in total. The second kappa shape index (κ2) is 10.2. The van der Waals surface area contributed by atoms with Crippen LogP contribution in [0.2, 0.25) is 0 Å². The molecule has 0 aliphatic carbocycles. The van der Waals surface area contributed by atoms with Crippen LogP contribution in [0.25, 0.3) is 11.3 Å². The van der Waals surface area contributed by atoms with Gasteiger partial charge in [0.2, 0.25) is 5.88 Å². The zero-order chi connectivity index (χ0) is 27.8. The lowest BCUT2D eigenvalue weighted by Crippen LogP contribution is -2.41. The molecule has 1 saturated heterocycles. The quantitative estimate of drug-likeness (QED) is 0.451. The Morgan fingerprint density at radius 2 is 1.89 bits per heavy atom. The number of rotatable bonds is 7. The smallest absolute Gasteiger partial charge is 0.281 e. The van der Waals surface area contributed by atoms with Crippen molar-refractivity contribution in [3.63, 3.8) is 0 Å². The molecular weight excluding hydrogens is 504 g/mol. The van der Waals surface area contributed by atoms with Gasteiger partial charge in [-0.15, -0.1) is 0 Å². The number of nitrogens with one attached hydrogen (secondary N) is 1. The lowest BCUT2D eigenvalue weighted by Gasteiger charge is -2.34. The van der Waals surface area contributed by atoms with Crippen LogP contribution in [0, 0.1) is 12.8 Å². The molecular formula is C27H36N6O4S. The van der Waals surface area contributed by atoms with E-state index in [0.29, 0.717) is 29.9 Å². The molecule has 1 amide bonds. The highest BCUT2D eigenvalue weighted by Gasteiger charge is 2.39. The van der Waals surface area contributed by atoms with Crippen LogP contribution in [0.3, 0.4) is 0 Å². The summed E-state index contributed by atoms with van der Waals surface area (Å²) in [7, 11) is -4.25. The summed E-state index contributed by atoms with van der Waals surface area (Å²) >= 11 is 0. The minimum atomic E-state index is -4.25. The highest BCUT2D eigenvalue weighted by Crippen LogP contribution is 2.38. The number of nitrogen functional groups attached to an aromatic ring is 1.